The number of rotatable bonds is 5. The Morgan fingerprint density at radius 2 is 2.15 bits per heavy atom. The van der Waals surface area contributed by atoms with Crippen molar-refractivity contribution in [3.05, 3.63) is 29.8 Å². The Balaban J connectivity index is 2.07. The third kappa shape index (κ3) is 3.58. The molecule has 0 aromatic heterocycles. The number of ether oxygens (including phenoxy) is 2. The number of hydrogen-bond acceptors (Lipinski definition) is 4. The Labute approximate surface area is 120 Å². The Morgan fingerprint density at radius 1 is 1.40 bits per heavy atom. The van der Waals surface area contributed by atoms with Crippen LogP contribution in [0.5, 0.6) is 5.75 Å². The highest BCUT2D eigenvalue weighted by Crippen LogP contribution is 2.20. The van der Waals surface area contributed by atoms with E-state index in [-0.39, 0.29) is 17.9 Å². The first-order chi connectivity index (χ1) is 9.61. The molecule has 0 radical (unpaired) electrons. The second-order valence-corrected chi connectivity index (χ2v) is 5.27. The van der Waals surface area contributed by atoms with Crippen LogP contribution in [-0.2, 0) is 4.74 Å². The van der Waals surface area contributed by atoms with Crippen LogP contribution in [0.2, 0.25) is 0 Å². The first-order valence-corrected chi connectivity index (χ1v) is 7.22. The third-order valence-corrected chi connectivity index (χ3v) is 3.57. The molecule has 110 valence electrons. The van der Waals surface area contributed by atoms with E-state index in [0.717, 1.165) is 6.54 Å². The van der Waals surface area contributed by atoms with Gasteiger partial charge < -0.3 is 9.47 Å². The van der Waals surface area contributed by atoms with E-state index in [1.54, 1.807) is 0 Å². The minimum absolute atomic E-state index is 0.106. The highest BCUT2D eigenvalue weighted by molar-refractivity contribution is 6.00. The number of morpholine rings is 1. The maximum Gasteiger partial charge on any atom is 0.180 e. The van der Waals surface area contributed by atoms with Gasteiger partial charge in [0.15, 0.2) is 5.78 Å². The summed E-state index contributed by atoms with van der Waals surface area (Å²) in [5.74, 6) is 0.781. The van der Waals surface area contributed by atoms with E-state index in [2.05, 4.69) is 11.8 Å². The molecule has 0 aliphatic carbocycles. The summed E-state index contributed by atoms with van der Waals surface area (Å²) in [6.45, 7) is 8.51. The summed E-state index contributed by atoms with van der Waals surface area (Å²) >= 11 is 0. The van der Waals surface area contributed by atoms with E-state index in [0.29, 0.717) is 31.1 Å². The first-order valence-electron chi connectivity index (χ1n) is 7.22. The highest BCUT2D eigenvalue weighted by atomic mass is 16.5. The number of hydrogen-bond donors (Lipinski definition) is 0. The van der Waals surface area contributed by atoms with Gasteiger partial charge in [0.1, 0.15) is 5.75 Å². The average molecular weight is 277 g/mol. The lowest BCUT2D eigenvalue weighted by atomic mass is 10.1. The second-order valence-electron chi connectivity index (χ2n) is 5.27. The Kier molecular flexibility index (Phi) is 5.15. The maximum absolute atomic E-state index is 12.5. The smallest absolute Gasteiger partial charge is 0.180 e. The molecule has 1 aliphatic heterocycles. The molecule has 2 atom stereocenters. The van der Waals surface area contributed by atoms with Crippen LogP contribution in [0, 0.1) is 0 Å². The molecule has 20 heavy (non-hydrogen) atoms. The van der Waals surface area contributed by atoms with Crippen LogP contribution in [-0.4, -0.2) is 49.1 Å². The summed E-state index contributed by atoms with van der Waals surface area (Å²) in [6, 6.07) is 7.72. The fourth-order valence-corrected chi connectivity index (χ4v) is 2.44. The molecule has 0 amide bonds. The molecule has 0 saturated carbocycles. The molecule has 2 rings (SSSR count). The maximum atomic E-state index is 12.5. The van der Waals surface area contributed by atoms with Crippen LogP contribution < -0.4 is 4.74 Å². The zero-order chi connectivity index (χ0) is 14.5. The van der Waals surface area contributed by atoms with Crippen molar-refractivity contribution in [1.29, 1.82) is 0 Å². The van der Waals surface area contributed by atoms with Crippen LogP contribution in [0.25, 0.3) is 0 Å². The van der Waals surface area contributed by atoms with Gasteiger partial charge in [-0.3, -0.25) is 9.69 Å². The second kappa shape index (κ2) is 6.86. The van der Waals surface area contributed by atoms with Crippen LogP contribution in [0.1, 0.15) is 31.1 Å². The van der Waals surface area contributed by atoms with Crippen molar-refractivity contribution in [2.24, 2.45) is 0 Å². The van der Waals surface area contributed by atoms with Crippen molar-refractivity contribution in [3.63, 3.8) is 0 Å². The minimum atomic E-state index is 0.106. The number of ketones is 1. The molecule has 0 bridgehead atoms. The number of carbonyl (C=O) groups excluding carboxylic acids is 1. The van der Waals surface area contributed by atoms with Crippen LogP contribution >= 0.6 is 0 Å². The molecule has 4 heteroatoms. The lowest BCUT2D eigenvalue weighted by molar-refractivity contribution is -0.0460. The molecular formula is C16H23NO3. The van der Waals surface area contributed by atoms with E-state index in [9.17, 15) is 4.79 Å². The fraction of sp³-hybridized carbons (Fsp3) is 0.562. The van der Waals surface area contributed by atoms with E-state index in [1.165, 1.54) is 0 Å². The number of nitrogens with zero attached hydrogens (tertiary/aromatic N) is 1. The average Bonchev–Trinajstić information content (AvgIpc) is 2.44. The van der Waals surface area contributed by atoms with E-state index < -0.39 is 0 Å². The molecule has 1 aliphatic rings. The highest BCUT2D eigenvalue weighted by Gasteiger charge is 2.26. The van der Waals surface area contributed by atoms with E-state index in [1.807, 2.05) is 38.1 Å². The quantitative estimate of drug-likeness (QED) is 0.775. The summed E-state index contributed by atoms with van der Waals surface area (Å²) in [7, 11) is 0. The van der Waals surface area contributed by atoms with Crippen molar-refractivity contribution < 1.29 is 14.3 Å². The predicted octanol–water partition coefficient (Wildman–Crippen LogP) is 2.38. The first kappa shape index (κ1) is 15.0. The Morgan fingerprint density at radius 3 is 2.90 bits per heavy atom. The molecule has 2 unspecified atom stereocenters. The minimum Gasteiger partial charge on any atom is -0.493 e. The van der Waals surface area contributed by atoms with Crippen molar-refractivity contribution in [3.8, 4) is 5.75 Å². The number of carbonyl (C=O) groups is 1. The lowest BCUT2D eigenvalue weighted by Crippen LogP contribution is -2.49. The molecule has 1 saturated heterocycles. The molecule has 0 spiro atoms. The number of Topliss-reactive ketones (excluding diaryl/α,β-unsaturated/α-hetero) is 1. The molecule has 4 nitrogen and oxygen atoms in total. The monoisotopic (exact) mass is 277 g/mol. The molecule has 1 aromatic carbocycles. The van der Waals surface area contributed by atoms with Crippen LogP contribution in [0.15, 0.2) is 24.3 Å². The van der Waals surface area contributed by atoms with Gasteiger partial charge in [0, 0.05) is 12.6 Å². The normalized spacial score (nSPS) is 23.6. The SMILES string of the molecule is CCOc1ccccc1C(=O)CN1CC(C)OCC1C. The number of benzene rings is 1. The summed E-state index contributed by atoms with van der Waals surface area (Å²) in [4.78, 5) is 14.7. The van der Waals surface area contributed by atoms with Gasteiger partial charge in [-0.1, -0.05) is 12.1 Å². The van der Waals surface area contributed by atoms with Gasteiger partial charge in [-0.05, 0) is 32.9 Å². The topological polar surface area (TPSA) is 38.8 Å². The Hall–Kier alpha value is -1.39. The van der Waals surface area contributed by atoms with Crippen molar-refractivity contribution in [1.82, 2.24) is 4.90 Å². The largest absolute Gasteiger partial charge is 0.493 e. The summed E-state index contributed by atoms with van der Waals surface area (Å²) in [5, 5.41) is 0. The predicted molar refractivity (Wildman–Crippen MR) is 78.4 cm³/mol. The fourth-order valence-electron chi connectivity index (χ4n) is 2.44. The van der Waals surface area contributed by atoms with Gasteiger partial charge in [0.2, 0.25) is 0 Å². The molecule has 1 heterocycles. The zero-order valence-corrected chi connectivity index (χ0v) is 12.5. The standard InChI is InChI=1S/C16H23NO3/c1-4-19-16-8-6-5-7-14(16)15(18)10-17-9-13(3)20-11-12(17)2/h5-8,12-13H,4,9-11H2,1-3H3. The van der Waals surface area contributed by atoms with Gasteiger partial charge in [-0.2, -0.15) is 0 Å². The van der Waals surface area contributed by atoms with E-state index in [4.69, 9.17) is 9.47 Å². The molecular weight excluding hydrogens is 254 g/mol. The summed E-state index contributed by atoms with van der Waals surface area (Å²) < 4.78 is 11.1. The van der Waals surface area contributed by atoms with Gasteiger partial charge >= 0.3 is 0 Å². The lowest BCUT2D eigenvalue weighted by Gasteiger charge is -2.36. The van der Waals surface area contributed by atoms with Crippen LogP contribution in [0.3, 0.4) is 0 Å². The van der Waals surface area contributed by atoms with Gasteiger partial charge in [0.05, 0.1) is 31.4 Å². The molecule has 1 fully saturated rings. The van der Waals surface area contributed by atoms with Gasteiger partial charge in [-0.15, -0.1) is 0 Å². The third-order valence-electron chi connectivity index (χ3n) is 3.57. The van der Waals surface area contributed by atoms with Crippen molar-refractivity contribution >= 4 is 5.78 Å². The number of para-hydroxylation sites is 1. The zero-order valence-electron chi connectivity index (χ0n) is 12.5. The van der Waals surface area contributed by atoms with E-state index >= 15 is 0 Å². The van der Waals surface area contributed by atoms with Gasteiger partial charge in [0.25, 0.3) is 0 Å². The molecule has 1 aromatic rings. The molecule has 0 N–H and O–H groups in total. The van der Waals surface area contributed by atoms with Crippen molar-refractivity contribution in [2.45, 2.75) is 32.9 Å². The summed E-state index contributed by atoms with van der Waals surface area (Å²) in [6.07, 6.45) is 0.182. The Bertz CT molecular complexity index is 461. The van der Waals surface area contributed by atoms with Crippen molar-refractivity contribution in [2.75, 3.05) is 26.3 Å². The van der Waals surface area contributed by atoms with Gasteiger partial charge in [-0.25, -0.2) is 0 Å². The summed E-state index contributed by atoms with van der Waals surface area (Å²) in [5.41, 5.74) is 0.667. The van der Waals surface area contributed by atoms with Crippen LogP contribution in [0.4, 0.5) is 0 Å².